The van der Waals surface area contributed by atoms with E-state index in [1.807, 2.05) is 12.1 Å². The summed E-state index contributed by atoms with van der Waals surface area (Å²) >= 11 is 0. The van der Waals surface area contributed by atoms with E-state index in [4.69, 9.17) is 13.9 Å². The number of esters is 1. The second-order valence-corrected chi connectivity index (χ2v) is 5.64. The molecule has 3 rings (SSSR count). The average molecular weight is 354 g/mol. The fraction of sp³-hybridized carbons (Fsp3) is 0.200. The molecule has 0 saturated carbocycles. The van der Waals surface area contributed by atoms with E-state index in [0.29, 0.717) is 22.5 Å². The first-order valence-corrected chi connectivity index (χ1v) is 7.98. The predicted octanol–water partition coefficient (Wildman–Crippen LogP) is 3.41. The maximum Gasteiger partial charge on any atom is 0.346 e. The van der Waals surface area contributed by atoms with Gasteiger partial charge in [0.25, 0.3) is 0 Å². The standard InChI is InChI=1S/C20H18O6/c1-12(20(22)24-3)25-15-8-9-18-16(10-15)17(21)11-19(26-18)13-4-6-14(23-2)7-5-13/h4-12H,1-3H3. The summed E-state index contributed by atoms with van der Waals surface area (Å²) < 4.78 is 21.1. The summed E-state index contributed by atoms with van der Waals surface area (Å²) in [7, 11) is 2.88. The van der Waals surface area contributed by atoms with Gasteiger partial charge in [0.05, 0.1) is 19.6 Å². The van der Waals surface area contributed by atoms with E-state index in [2.05, 4.69) is 4.74 Å². The molecule has 26 heavy (non-hydrogen) atoms. The summed E-state index contributed by atoms with van der Waals surface area (Å²) in [5.41, 5.74) is 0.999. The highest BCUT2D eigenvalue weighted by atomic mass is 16.6. The molecule has 1 heterocycles. The Balaban J connectivity index is 1.95. The minimum atomic E-state index is -0.775. The molecule has 0 bridgehead atoms. The first-order valence-electron chi connectivity index (χ1n) is 7.98. The van der Waals surface area contributed by atoms with Crippen molar-refractivity contribution >= 4 is 16.9 Å². The lowest BCUT2D eigenvalue weighted by molar-refractivity contribution is -0.147. The third-order valence-electron chi connectivity index (χ3n) is 3.92. The fourth-order valence-corrected chi connectivity index (χ4v) is 2.52. The van der Waals surface area contributed by atoms with Crippen molar-refractivity contribution in [3.63, 3.8) is 0 Å². The number of hydrogen-bond acceptors (Lipinski definition) is 6. The normalized spacial score (nSPS) is 11.8. The van der Waals surface area contributed by atoms with Crippen molar-refractivity contribution in [3.8, 4) is 22.8 Å². The number of rotatable bonds is 5. The summed E-state index contributed by atoms with van der Waals surface area (Å²) in [6.45, 7) is 1.57. The zero-order valence-corrected chi connectivity index (χ0v) is 14.6. The SMILES string of the molecule is COC(=O)C(C)Oc1ccc2oc(-c3ccc(OC)cc3)cc(=O)c2c1. The summed E-state index contributed by atoms with van der Waals surface area (Å²) in [6.07, 6.45) is -0.775. The second-order valence-electron chi connectivity index (χ2n) is 5.64. The maximum absolute atomic E-state index is 12.5. The first-order chi connectivity index (χ1) is 12.5. The lowest BCUT2D eigenvalue weighted by Crippen LogP contribution is -2.24. The van der Waals surface area contributed by atoms with E-state index in [1.54, 1.807) is 44.4 Å². The van der Waals surface area contributed by atoms with Crippen LogP contribution in [0.5, 0.6) is 11.5 Å². The number of hydrogen-bond donors (Lipinski definition) is 0. The van der Waals surface area contributed by atoms with Crippen LogP contribution in [-0.2, 0) is 9.53 Å². The molecule has 0 N–H and O–H groups in total. The van der Waals surface area contributed by atoms with E-state index in [-0.39, 0.29) is 5.43 Å². The number of benzene rings is 2. The summed E-state index contributed by atoms with van der Waals surface area (Å²) in [5, 5.41) is 0.372. The van der Waals surface area contributed by atoms with Crippen molar-refractivity contribution in [2.75, 3.05) is 14.2 Å². The third-order valence-corrected chi connectivity index (χ3v) is 3.92. The molecule has 2 aromatic carbocycles. The van der Waals surface area contributed by atoms with Crippen LogP contribution >= 0.6 is 0 Å². The highest BCUT2D eigenvalue weighted by Gasteiger charge is 2.16. The molecule has 0 fully saturated rings. The van der Waals surface area contributed by atoms with Crippen LogP contribution < -0.4 is 14.9 Å². The van der Waals surface area contributed by atoms with Gasteiger partial charge in [0.1, 0.15) is 22.8 Å². The monoisotopic (exact) mass is 354 g/mol. The van der Waals surface area contributed by atoms with Gasteiger partial charge in [0, 0.05) is 11.6 Å². The van der Waals surface area contributed by atoms with Crippen LogP contribution in [0.1, 0.15) is 6.92 Å². The smallest absolute Gasteiger partial charge is 0.346 e. The van der Waals surface area contributed by atoms with Gasteiger partial charge in [-0.05, 0) is 49.4 Å². The molecule has 6 nitrogen and oxygen atoms in total. The molecular weight excluding hydrogens is 336 g/mol. The van der Waals surface area contributed by atoms with Crippen molar-refractivity contribution < 1.29 is 23.4 Å². The molecule has 0 aliphatic carbocycles. The molecule has 1 atom stereocenters. The van der Waals surface area contributed by atoms with E-state index in [1.165, 1.54) is 13.2 Å². The minimum Gasteiger partial charge on any atom is -0.497 e. The molecule has 0 aliphatic rings. The highest BCUT2D eigenvalue weighted by molar-refractivity contribution is 5.80. The highest BCUT2D eigenvalue weighted by Crippen LogP contribution is 2.26. The second kappa shape index (κ2) is 7.31. The lowest BCUT2D eigenvalue weighted by atomic mass is 10.1. The number of carbonyl (C=O) groups excluding carboxylic acids is 1. The zero-order chi connectivity index (χ0) is 18.7. The summed E-state index contributed by atoms with van der Waals surface area (Å²) in [5.74, 6) is 1.08. The Morgan fingerprint density at radius 1 is 1.00 bits per heavy atom. The van der Waals surface area contributed by atoms with Crippen molar-refractivity contribution in [1.82, 2.24) is 0 Å². The zero-order valence-electron chi connectivity index (χ0n) is 14.6. The van der Waals surface area contributed by atoms with Crippen LogP contribution in [0.2, 0.25) is 0 Å². The maximum atomic E-state index is 12.5. The van der Waals surface area contributed by atoms with Gasteiger partial charge in [0.15, 0.2) is 11.5 Å². The molecule has 0 spiro atoms. The first kappa shape index (κ1) is 17.5. The van der Waals surface area contributed by atoms with Gasteiger partial charge in [-0.3, -0.25) is 4.79 Å². The molecule has 0 amide bonds. The minimum absolute atomic E-state index is 0.201. The van der Waals surface area contributed by atoms with Crippen LogP contribution in [-0.4, -0.2) is 26.3 Å². The van der Waals surface area contributed by atoms with Gasteiger partial charge < -0.3 is 18.6 Å². The van der Waals surface area contributed by atoms with Crippen LogP contribution in [0.3, 0.4) is 0 Å². The van der Waals surface area contributed by atoms with Crippen molar-refractivity contribution in [3.05, 3.63) is 58.8 Å². The largest absolute Gasteiger partial charge is 0.497 e. The topological polar surface area (TPSA) is 75.0 Å². The quantitative estimate of drug-likeness (QED) is 0.654. The Hall–Kier alpha value is -3.28. The van der Waals surface area contributed by atoms with Gasteiger partial charge in [-0.15, -0.1) is 0 Å². The van der Waals surface area contributed by atoms with Crippen LogP contribution in [0.25, 0.3) is 22.3 Å². The Bertz CT molecular complexity index is 987. The number of carbonyl (C=O) groups is 1. The van der Waals surface area contributed by atoms with E-state index < -0.39 is 12.1 Å². The summed E-state index contributed by atoms with van der Waals surface area (Å²) in [6, 6.07) is 13.5. The molecular formula is C20H18O6. The lowest BCUT2D eigenvalue weighted by Gasteiger charge is -2.12. The van der Waals surface area contributed by atoms with Crippen LogP contribution in [0.15, 0.2) is 57.7 Å². The molecule has 1 aromatic heterocycles. The van der Waals surface area contributed by atoms with E-state index in [9.17, 15) is 9.59 Å². The van der Waals surface area contributed by atoms with E-state index in [0.717, 1.165) is 11.3 Å². The number of fused-ring (bicyclic) bond motifs is 1. The molecule has 134 valence electrons. The van der Waals surface area contributed by atoms with Crippen LogP contribution in [0.4, 0.5) is 0 Å². The van der Waals surface area contributed by atoms with Crippen molar-refractivity contribution in [1.29, 1.82) is 0 Å². The van der Waals surface area contributed by atoms with Gasteiger partial charge in [-0.25, -0.2) is 4.79 Å². The Kier molecular flexibility index (Phi) is 4.93. The van der Waals surface area contributed by atoms with Gasteiger partial charge >= 0.3 is 5.97 Å². The van der Waals surface area contributed by atoms with E-state index >= 15 is 0 Å². The molecule has 0 radical (unpaired) electrons. The Labute approximate surface area is 149 Å². The molecule has 3 aromatic rings. The third kappa shape index (κ3) is 3.54. The molecule has 6 heteroatoms. The Morgan fingerprint density at radius 2 is 1.69 bits per heavy atom. The predicted molar refractivity (Wildman–Crippen MR) is 96.6 cm³/mol. The van der Waals surface area contributed by atoms with Crippen LogP contribution in [0, 0.1) is 0 Å². The molecule has 0 saturated heterocycles. The average Bonchev–Trinajstić information content (AvgIpc) is 2.67. The van der Waals surface area contributed by atoms with Crippen molar-refractivity contribution in [2.24, 2.45) is 0 Å². The summed E-state index contributed by atoms with van der Waals surface area (Å²) in [4.78, 5) is 23.9. The number of ether oxygens (including phenoxy) is 3. The Morgan fingerprint density at radius 3 is 2.35 bits per heavy atom. The van der Waals surface area contributed by atoms with Gasteiger partial charge in [0.2, 0.25) is 0 Å². The van der Waals surface area contributed by atoms with Crippen molar-refractivity contribution in [2.45, 2.75) is 13.0 Å². The van der Waals surface area contributed by atoms with Gasteiger partial charge in [-0.1, -0.05) is 0 Å². The molecule has 1 unspecified atom stereocenters. The fourth-order valence-electron chi connectivity index (χ4n) is 2.52. The molecule has 0 aliphatic heterocycles. The number of methoxy groups -OCH3 is 2. The van der Waals surface area contributed by atoms with Gasteiger partial charge in [-0.2, -0.15) is 0 Å².